The second-order valence-electron chi connectivity index (χ2n) is 5.30. The highest BCUT2D eigenvalue weighted by molar-refractivity contribution is 7.09. The summed E-state index contributed by atoms with van der Waals surface area (Å²) in [6.45, 7) is 8.77. The van der Waals surface area contributed by atoms with E-state index in [1.165, 1.54) is 7.11 Å². The fourth-order valence-electron chi connectivity index (χ4n) is 1.31. The smallest absolute Gasteiger partial charge is 0.248 e. The number of ether oxygens (including phenoxy) is 1. The summed E-state index contributed by atoms with van der Waals surface area (Å²) in [5.74, 6) is -0.0786. The number of amides is 1. The number of methoxy groups -OCH3 is 1. The van der Waals surface area contributed by atoms with Crippen molar-refractivity contribution >= 4 is 17.2 Å². The fourth-order valence-corrected chi connectivity index (χ4v) is 2.34. The molecule has 0 bridgehead atoms. The van der Waals surface area contributed by atoms with Gasteiger partial charge in [-0.2, -0.15) is 0 Å². The average molecular weight is 270 g/mol. The van der Waals surface area contributed by atoms with Gasteiger partial charge in [0, 0.05) is 30.9 Å². The second-order valence-corrected chi connectivity index (χ2v) is 6.24. The largest absolute Gasteiger partial charge is 0.372 e. The molecule has 1 aromatic heterocycles. The van der Waals surface area contributed by atoms with Gasteiger partial charge < -0.3 is 10.1 Å². The first kappa shape index (κ1) is 15.1. The first-order valence-corrected chi connectivity index (χ1v) is 6.98. The van der Waals surface area contributed by atoms with Crippen LogP contribution in [-0.4, -0.2) is 30.6 Å². The molecule has 0 aliphatic heterocycles. The lowest BCUT2D eigenvalue weighted by molar-refractivity contribution is -0.129. The summed E-state index contributed by atoms with van der Waals surface area (Å²) in [6.07, 6.45) is 0.370. The van der Waals surface area contributed by atoms with Gasteiger partial charge in [0.1, 0.15) is 6.10 Å². The van der Waals surface area contributed by atoms with Crippen molar-refractivity contribution in [3.63, 3.8) is 0 Å². The molecule has 0 saturated heterocycles. The van der Waals surface area contributed by atoms with E-state index in [2.05, 4.69) is 36.5 Å². The lowest BCUT2D eigenvalue weighted by Gasteiger charge is -2.14. The number of hydrogen-bond donors (Lipinski definition) is 1. The molecule has 1 rings (SSSR count). The van der Waals surface area contributed by atoms with Gasteiger partial charge in [-0.15, -0.1) is 11.3 Å². The Morgan fingerprint density at radius 2 is 2.22 bits per heavy atom. The minimum atomic E-state index is -0.397. The second kappa shape index (κ2) is 6.29. The van der Waals surface area contributed by atoms with E-state index in [-0.39, 0.29) is 11.3 Å². The summed E-state index contributed by atoms with van der Waals surface area (Å²) < 4.78 is 4.94. The molecule has 1 unspecified atom stereocenters. The summed E-state index contributed by atoms with van der Waals surface area (Å²) in [7, 11) is 1.53. The number of thiazole rings is 1. The first-order chi connectivity index (χ1) is 8.34. The Balaban J connectivity index is 2.41. The molecule has 102 valence electrons. The number of nitrogens with zero attached hydrogens (tertiary/aromatic N) is 1. The lowest BCUT2D eigenvalue weighted by atomic mass is 9.93. The van der Waals surface area contributed by atoms with Crippen molar-refractivity contribution in [2.45, 2.75) is 45.6 Å². The van der Waals surface area contributed by atoms with Crippen LogP contribution in [0.3, 0.4) is 0 Å². The maximum absolute atomic E-state index is 11.5. The summed E-state index contributed by atoms with van der Waals surface area (Å²) in [5, 5.41) is 5.99. The van der Waals surface area contributed by atoms with Crippen molar-refractivity contribution in [3.8, 4) is 0 Å². The van der Waals surface area contributed by atoms with E-state index in [1.54, 1.807) is 18.3 Å². The summed E-state index contributed by atoms with van der Waals surface area (Å²) in [6, 6.07) is 0. The molecule has 1 heterocycles. The van der Waals surface area contributed by atoms with Gasteiger partial charge in [-0.05, 0) is 6.92 Å². The van der Waals surface area contributed by atoms with Crippen LogP contribution in [0.25, 0.3) is 0 Å². The maximum Gasteiger partial charge on any atom is 0.248 e. The molecule has 0 aromatic carbocycles. The SMILES string of the molecule is COC(C)C(=O)NCCc1nc(C(C)(C)C)cs1. The molecule has 0 fully saturated rings. The topological polar surface area (TPSA) is 51.2 Å². The zero-order valence-corrected chi connectivity index (χ0v) is 12.6. The van der Waals surface area contributed by atoms with Gasteiger partial charge in [0.15, 0.2) is 0 Å². The average Bonchev–Trinajstić information content (AvgIpc) is 2.76. The van der Waals surface area contributed by atoms with Gasteiger partial charge in [-0.25, -0.2) is 4.98 Å². The zero-order valence-electron chi connectivity index (χ0n) is 11.7. The third kappa shape index (κ3) is 4.38. The minimum absolute atomic E-state index is 0.0786. The summed E-state index contributed by atoms with van der Waals surface area (Å²) in [4.78, 5) is 16.1. The van der Waals surface area contributed by atoms with E-state index in [9.17, 15) is 4.79 Å². The van der Waals surface area contributed by atoms with Crippen LogP contribution in [0.5, 0.6) is 0 Å². The molecule has 0 aliphatic rings. The van der Waals surface area contributed by atoms with E-state index >= 15 is 0 Å². The monoisotopic (exact) mass is 270 g/mol. The Labute approximate surface area is 113 Å². The normalized spacial score (nSPS) is 13.4. The third-order valence-electron chi connectivity index (χ3n) is 2.68. The number of rotatable bonds is 5. The van der Waals surface area contributed by atoms with Crippen LogP contribution < -0.4 is 5.32 Å². The van der Waals surface area contributed by atoms with Crippen molar-refractivity contribution in [3.05, 3.63) is 16.1 Å². The molecule has 0 radical (unpaired) electrons. The molecule has 1 aromatic rings. The van der Waals surface area contributed by atoms with Crippen molar-refractivity contribution < 1.29 is 9.53 Å². The predicted molar refractivity (Wildman–Crippen MR) is 74.0 cm³/mol. The number of nitrogens with one attached hydrogen (secondary N) is 1. The molecule has 1 N–H and O–H groups in total. The highest BCUT2D eigenvalue weighted by Crippen LogP contribution is 2.23. The molecule has 0 aliphatic carbocycles. The van der Waals surface area contributed by atoms with E-state index < -0.39 is 6.10 Å². The highest BCUT2D eigenvalue weighted by Gasteiger charge is 2.17. The number of carbonyl (C=O) groups is 1. The van der Waals surface area contributed by atoms with Crippen molar-refractivity contribution in [2.24, 2.45) is 0 Å². The highest BCUT2D eigenvalue weighted by atomic mass is 32.1. The zero-order chi connectivity index (χ0) is 13.8. The number of carbonyl (C=O) groups excluding carboxylic acids is 1. The molecule has 5 heteroatoms. The van der Waals surface area contributed by atoms with Crippen LogP contribution in [0.1, 0.15) is 38.4 Å². The summed E-state index contributed by atoms with van der Waals surface area (Å²) >= 11 is 1.65. The molecule has 0 spiro atoms. The van der Waals surface area contributed by atoms with Gasteiger partial charge >= 0.3 is 0 Å². The van der Waals surface area contributed by atoms with Crippen LogP contribution in [0, 0.1) is 0 Å². The van der Waals surface area contributed by atoms with Crippen LogP contribution in [0.15, 0.2) is 5.38 Å². The molecule has 1 amide bonds. The Hall–Kier alpha value is -0.940. The van der Waals surface area contributed by atoms with E-state index in [0.29, 0.717) is 6.54 Å². The van der Waals surface area contributed by atoms with Crippen molar-refractivity contribution in [1.29, 1.82) is 0 Å². The molecule has 4 nitrogen and oxygen atoms in total. The quantitative estimate of drug-likeness (QED) is 0.892. The lowest BCUT2D eigenvalue weighted by Crippen LogP contribution is -2.35. The molecular weight excluding hydrogens is 248 g/mol. The maximum atomic E-state index is 11.5. The van der Waals surface area contributed by atoms with Gasteiger partial charge in [-0.1, -0.05) is 20.8 Å². The molecule has 0 saturated carbocycles. The molecule has 1 atom stereocenters. The van der Waals surface area contributed by atoms with E-state index in [0.717, 1.165) is 17.1 Å². The molecule has 18 heavy (non-hydrogen) atoms. The minimum Gasteiger partial charge on any atom is -0.372 e. The fraction of sp³-hybridized carbons (Fsp3) is 0.692. The predicted octanol–water partition coefficient (Wildman–Crippen LogP) is 2.13. The standard InChI is InChI=1S/C13H22N2O2S/c1-9(17-5)12(16)14-7-6-11-15-10(8-18-11)13(2,3)4/h8-9H,6-7H2,1-5H3,(H,14,16). The Morgan fingerprint density at radius 3 is 2.72 bits per heavy atom. The number of hydrogen-bond acceptors (Lipinski definition) is 4. The third-order valence-corrected chi connectivity index (χ3v) is 3.59. The van der Waals surface area contributed by atoms with Crippen LogP contribution >= 0.6 is 11.3 Å². The van der Waals surface area contributed by atoms with Crippen molar-refractivity contribution in [2.75, 3.05) is 13.7 Å². The van der Waals surface area contributed by atoms with E-state index in [1.807, 2.05) is 0 Å². The Kier molecular flexibility index (Phi) is 5.28. The van der Waals surface area contributed by atoms with Gasteiger partial charge in [0.2, 0.25) is 5.91 Å². The van der Waals surface area contributed by atoms with E-state index in [4.69, 9.17) is 4.74 Å². The first-order valence-electron chi connectivity index (χ1n) is 6.10. The summed E-state index contributed by atoms with van der Waals surface area (Å²) in [5.41, 5.74) is 1.20. The van der Waals surface area contributed by atoms with Crippen LogP contribution in [-0.2, 0) is 21.4 Å². The van der Waals surface area contributed by atoms with Crippen LogP contribution in [0.2, 0.25) is 0 Å². The molecular formula is C13H22N2O2S. The van der Waals surface area contributed by atoms with Crippen molar-refractivity contribution in [1.82, 2.24) is 10.3 Å². The Morgan fingerprint density at radius 1 is 1.56 bits per heavy atom. The number of aromatic nitrogens is 1. The Bertz CT molecular complexity index is 396. The van der Waals surface area contributed by atoms with Gasteiger partial charge in [0.05, 0.1) is 10.7 Å². The van der Waals surface area contributed by atoms with Gasteiger partial charge in [0.25, 0.3) is 0 Å². The van der Waals surface area contributed by atoms with Crippen LogP contribution in [0.4, 0.5) is 0 Å². The van der Waals surface area contributed by atoms with Gasteiger partial charge in [-0.3, -0.25) is 4.79 Å².